The minimum absolute atomic E-state index is 0.363. The summed E-state index contributed by atoms with van der Waals surface area (Å²) in [5.74, 6) is 1.57. The first-order valence-electron chi connectivity index (χ1n) is 8.63. The fraction of sp³-hybridized carbons (Fsp3) is 0.211. The minimum Gasteiger partial charge on any atom is -0.497 e. The number of nitrogens with zero attached hydrogens (tertiary/aromatic N) is 6. The third-order valence-electron chi connectivity index (χ3n) is 3.73. The molecule has 0 fully saturated rings. The van der Waals surface area contributed by atoms with Gasteiger partial charge in [0.05, 0.1) is 25.2 Å². The molecule has 27 heavy (non-hydrogen) atoms. The first-order valence-corrected chi connectivity index (χ1v) is 8.63. The Morgan fingerprint density at radius 3 is 2.74 bits per heavy atom. The van der Waals surface area contributed by atoms with Gasteiger partial charge in [0.2, 0.25) is 0 Å². The standard InChI is InChI=1S/C17H15N7O.C2H6/c1-25-12-4-2-3-11(7-12)9-24-10-13-15(18)21-17(22-16(13)23-24)14-8-19-5-6-20-14;1-2/h2-8,10H,9H2,1H3,(H2,18,21,22,23);1-2H3. The Bertz CT molecular complexity index is 1030. The monoisotopic (exact) mass is 363 g/mol. The SMILES string of the molecule is CC.COc1cccc(Cn2cc3c(N)nc(-c4cnccn4)nc3n2)c1. The second-order valence-electron chi connectivity index (χ2n) is 5.44. The van der Waals surface area contributed by atoms with Gasteiger partial charge in [-0.05, 0) is 17.7 Å². The maximum atomic E-state index is 6.07. The highest BCUT2D eigenvalue weighted by Gasteiger charge is 2.12. The Morgan fingerprint density at radius 2 is 2.00 bits per heavy atom. The summed E-state index contributed by atoms with van der Waals surface area (Å²) < 4.78 is 7.03. The lowest BCUT2D eigenvalue weighted by molar-refractivity contribution is 0.414. The number of nitrogens with two attached hydrogens (primary N) is 1. The lowest BCUT2D eigenvalue weighted by Gasteiger charge is -2.04. The lowest BCUT2D eigenvalue weighted by atomic mass is 10.2. The molecular formula is C19H21N7O. The van der Waals surface area contributed by atoms with Crippen LogP contribution < -0.4 is 10.5 Å². The molecular weight excluding hydrogens is 342 g/mol. The largest absolute Gasteiger partial charge is 0.497 e. The van der Waals surface area contributed by atoms with E-state index in [1.54, 1.807) is 30.4 Å². The van der Waals surface area contributed by atoms with Crippen LogP contribution in [0.15, 0.2) is 49.1 Å². The number of benzene rings is 1. The van der Waals surface area contributed by atoms with E-state index in [1.165, 1.54) is 0 Å². The van der Waals surface area contributed by atoms with Gasteiger partial charge in [-0.1, -0.05) is 26.0 Å². The number of nitrogen functional groups attached to an aromatic ring is 1. The number of ether oxygens (including phenoxy) is 1. The van der Waals surface area contributed by atoms with Crippen LogP contribution in [0, 0.1) is 0 Å². The summed E-state index contributed by atoms with van der Waals surface area (Å²) in [7, 11) is 1.64. The van der Waals surface area contributed by atoms with Crippen molar-refractivity contribution in [1.82, 2.24) is 29.7 Å². The number of hydrogen-bond acceptors (Lipinski definition) is 7. The third-order valence-corrected chi connectivity index (χ3v) is 3.73. The van der Waals surface area contributed by atoms with E-state index < -0.39 is 0 Å². The molecule has 4 rings (SSSR count). The van der Waals surface area contributed by atoms with Crippen molar-refractivity contribution in [1.29, 1.82) is 0 Å². The van der Waals surface area contributed by atoms with Gasteiger partial charge in [-0.25, -0.2) is 15.0 Å². The van der Waals surface area contributed by atoms with E-state index in [1.807, 2.05) is 44.3 Å². The number of anilines is 1. The van der Waals surface area contributed by atoms with Crippen molar-refractivity contribution in [2.45, 2.75) is 20.4 Å². The highest BCUT2D eigenvalue weighted by Crippen LogP contribution is 2.21. The molecule has 0 aliphatic rings. The van der Waals surface area contributed by atoms with Crippen LogP contribution in [-0.4, -0.2) is 36.8 Å². The van der Waals surface area contributed by atoms with Gasteiger partial charge in [0.1, 0.15) is 17.3 Å². The fourth-order valence-corrected chi connectivity index (χ4v) is 2.54. The van der Waals surface area contributed by atoms with Gasteiger partial charge in [-0.3, -0.25) is 9.67 Å². The van der Waals surface area contributed by atoms with Crippen molar-refractivity contribution in [3.63, 3.8) is 0 Å². The average Bonchev–Trinajstić information content (AvgIpc) is 3.13. The molecule has 3 aromatic heterocycles. The van der Waals surface area contributed by atoms with Crippen LogP contribution in [0.3, 0.4) is 0 Å². The Balaban J connectivity index is 0.00000102. The van der Waals surface area contributed by atoms with Crippen LogP contribution in [0.5, 0.6) is 5.75 Å². The number of fused-ring (bicyclic) bond motifs is 1. The van der Waals surface area contributed by atoms with E-state index in [9.17, 15) is 0 Å². The summed E-state index contributed by atoms with van der Waals surface area (Å²) in [6.45, 7) is 4.58. The molecule has 8 nitrogen and oxygen atoms in total. The molecule has 2 N–H and O–H groups in total. The van der Waals surface area contributed by atoms with Gasteiger partial charge < -0.3 is 10.5 Å². The van der Waals surface area contributed by atoms with Crippen LogP contribution in [0.25, 0.3) is 22.6 Å². The lowest BCUT2D eigenvalue weighted by Crippen LogP contribution is -2.00. The normalized spacial score (nSPS) is 10.3. The van der Waals surface area contributed by atoms with Gasteiger partial charge in [-0.15, -0.1) is 0 Å². The van der Waals surface area contributed by atoms with Crippen molar-refractivity contribution in [3.8, 4) is 17.3 Å². The zero-order valence-electron chi connectivity index (χ0n) is 15.5. The molecule has 4 aromatic rings. The molecule has 1 aromatic carbocycles. The Hall–Kier alpha value is -3.55. The number of aromatic nitrogens is 6. The van der Waals surface area contributed by atoms with Crippen LogP contribution in [-0.2, 0) is 6.54 Å². The summed E-state index contributed by atoms with van der Waals surface area (Å²) in [6, 6.07) is 7.82. The maximum Gasteiger partial charge on any atom is 0.187 e. The first kappa shape index (κ1) is 18.2. The Kier molecular flexibility index (Phi) is 5.55. The molecule has 0 atom stereocenters. The van der Waals surface area contributed by atoms with E-state index in [-0.39, 0.29) is 0 Å². The van der Waals surface area contributed by atoms with Gasteiger partial charge >= 0.3 is 0 Å². The van der Waals surface area contributed by atoms with Gasteiger partial charge in [0, 0.05) is 18.6 Å². The number of hydrogen-bond donors (Lipinski definition) is 1. The zero-order chi connectivity index (χ0) is 19.2. The van der Waals surface area contributed by atoms with Gasteiger partial charge in [0.15, 0.2) is 11.5 Å². The van der Waals surface area contributed by atoms with E-state index in [0.29, 0.717) is 34.9 Å². The third kappa shape index (κ3) is 4.00. The molecule has 0 aliphatic carbocycles. The van der Waals surface area contributed by atoms with Crippen molar-refractivity contribution in [2.24, 2.45) is 0 Å². The highest BCUT2D eigenvalue weighted by molar-refractivity contribution is 5.86. The predicted molar refractivity (Wildman–Crippen MR) is 104 cm³/mol. The molecule has 8 heteroatoms. The summed E-state index contributed by atoms with van der Waals surface area (Å²) in [5, 5.41) is 5.21. The average molecular weight is 363 g/mol. The summed E-state index contributed by atoms with van der Waals surface area (Å²) >= 11 is 0. The molecule has 0 amide bonds. The van der Waals surface area contributed by atoms with E-state index in [0.717, 1.165) is 11.3 Å². The predicted octanol–water partition coefficient (Wildman–Crippen LogP) is 2.95. The van der Waals surface area contributed by atoms with E-state index in [2.05, 4.69) is 25.0 Å². The number of rotatable bonds is 4. The van der Waals surface area contributed by atoms with E-state index in [4.69, 9.17) is 10.5 Å². The fourth-order valence-electron chi connectivity index (χ4n) is 2.54. The Labute approximate surface area is 157 Å². The van der Waals surface area contributed by atoms with Crippen LogP contribution >= 0.6 is 0 Å². The summed E-state index contributed by atoms with van der Waals surface area (Å²) in [4.78, 5) is 17.0. The second-order valence-corrected chi connectivity index (χ2v) is 5.44. The second kappa shape index (κ2) is 8.22. The van der Waals surface area contributed by atoms with E-state index >= 15 is 0 Å². The molecule has 138 valence electrons. The van der Waals surface area contributed by atoms with Crippen molar-refractivity contribution in [2.75, 3.05) is 12.8 Å². The van der Waals surface area contributed by atoms with Crippen molar-refractivity contribution >= 4 is 16.9 Å². The molecule has 0 bridgehead atoms. The number of methoxy groups -OCH3 is 1. The molecule has 0 saturated heterocycles. The summed E-state index contributed by atoms with van der Waals surface area (Å²) in [5.41, 5.74) is 8.22. The molecule has 0 saturated carbocycles. The highest BCUT2D eigenvalue weighted by atomic mass is 16.5. The maximum absolute atomic E-state index is 6.07. The topological polar surface area (TPSA) is 105 Å². The zero-order valence-corrected chi connectivity index (χ0v) is 15.5. The minimum atomic E-state index is 0.363. The Morgan fingerprint density at radius 1 is 1.15 bits per heavy atom. The molecule has 0 unspecified atom stereocenters. The van der Waals surface area contributed by atoms with Gasteiger partial charge in [0.25, 0.3) is 0 Å². The molecule has 0 spiro atoms. The molecule has 0 aliphatic heterocycles. The van der Waals surface area contributed by atoms with Crippen LogP contribution in [0.2, 0.25) is 0 Å². The molecule has 0 radical (unpaired) electrons. The summed E-state index contributed by atoms with van der Waals surface area (Å²) in [6.07, 6.45) is 6.60. The van der Waals surface area contributed by atoms with Crippen LogP contribution in [0.4, 0.5) is 5.82 Å². The first-order chi connectivity index (χ1) is 13.2. The molecule has 3 heterocycles. The van der Waals surface area contributed by atoms with Crippen LogP contribution in [0.1, 0.15) is 19.4 Å². The van der Waals surface area contributed by atoms with Crippen molar-refractivity contribution in [3.05, 3.63) is 54.6 Å². The quantitative estimate of drug-likeness (QED) is 0.594. The van der Waals surface area contributed by atoms with Crippen molar-refractivity contribution < 1.29 is 4.74 Å². The van der Waals surface area contributed by atoms with Gasteiger partial charge in [-0.2, -0.15) is 5.10 Å². The smallest absolute Gasteiger partial charge is 0.187 e.